The maximum absolute atomic E-state index is 15.7. The fourth-order valence-electron chi connectivity index (χ4n) is 8.96. The number of fused-ring (bicyclic) bond motifs is 2. The maximum Gasteiger partial charge on any atom is 0.166 e. The van der Waals surface area contributed by atoms with Crippen LogP contribution in [0.2, 0.25) is 0 Å². The van der Waals surface area contributed by atoms with E-state index in [2.05, 4.69) is 97.5 Å². The van der Waals surface area contributed by atoms with Crippen molar-refractivity contribution >= 4 is 45.5 Å². The zero-order valence-electron chi connectivity index (χ0n) is 38.4. The topological polar surface area (TPSA) is 13.0 Å². The predicted octanol–water partition coefficient (Wildman–Crippen LogP) is 15.7. The molecule has 0 saturated heterocycles. The van der Waals surface area contributed by atoms with Crippen molar-refractivity contribution in [2.24, 2.45) is 0 Å². The van der Waals surface area contributed by atoms with E-state index in [1.165, 1.54) is 0 Å². The number of rotatable bonds is 4. The van der Waals surface area contributed by atoms with E-state index in [4.69, 9.17) is 0 Å². The summed E-state index contributed by atoms with van der Waals surface area (Å²) in [6.07, 6.45) is 0. The Hall–Kier alpha value is -6.02. The lowest BCUT2D eigenvalue weighted by Gasteiger charge is -2.35. The molecule has 2 aliphatic rings. The molecule has 8 heteroatoms. The van der Waals surface area contributed by atoms with Gasteiger partial charge in [-0.3, -0.25) is 19.6 Å². The molecule has 0 saturated carbocycles. The predicted molar refractivity (Wildman–Crippen MR) is 249 cm³/mol. The van der Waals surface area contributed by atoms with Crippen LogP contribution < -0.4 is 19.6 Å². The molecule has 2 heterocycles. The first kappa shape index (κ1) is 42.7. The van der Waals surface area contributed by atoms with Crippen molar-refractivity contribution in [3.63, 3.8) is 0 Å². The average Bonchev–Trinajstić information content (AvgIpc) is 3.70. The van der Waals surface area contributed by atoms with E-state index in [0.29, 0.717) is 56.1 Å². The standard InChI is InChI=1S/C54H56F4N4/c1-29-26-45(30(2)25-42(29)55)62-44-18-16-38(54(12,13)14)28-47(44)61(41-23-35(7)50(58)36(8)24-41)52(62)51-59(39-19-31(3)48(56)32(4)20-39)43-17-15-37(53(9,10)11)27-46(43)60(51)40-21-33(5)49(57)34(6)22-40/h15-28H,1-14H3/b52-51-. The zero-order valence-corrected chi connectivity index (χ0v) is 38.4. The summed E-state index contributed by atoms with van der Waals surface area (Å²) < 4.78 is 62.7. The van der Waals surface area contributed by atoms with Gasteiger partial charge in [-0.25, -0.2) is 17.6 Å². The minimum atomic E-state index is -0.314. The Morgan fingerprint density at radius 3 is 1.00 bits per heavy atom. The molecule has 6 aromatic rings. The van der Waals surface area contributed by atoms with Gasteiger partial charge >= 0.3 is 0 Å². The van der Waals surface area contributed by atoms with Crippen LogP contribution in [0.1, 0.15) is 97.2 Å². The lowest BCUT2D eigenvalue weighted by molar-refractivity contribution is 0.590. The molecule has 0 aliphatic carbocycles. The Bertz CT molecular complexity index is 2810. The molecule has 0 N–H and O–H groups in total. The van der Waals surface area contributed by atoms with Crippen molar-refractivity contribution in [1.29, 1.82) is 0 Å². The molecule has 0 atom stereocenters. The number of hydrogen-bond acceptors (Lipinski definition) is 4. The summed E-state index contributed by atoms with van der Waals surface area (Å²) in [5.41, 5.74) is 12.0. The first-order valence-corrected chi connectivity index (χ1v) is 21.3. The third-order valence-electron chi connectivity index (χ3n) is 12.5. The van der Waals surface area contributed by atoms with E-state index in [0.717, 1.165) is 56.6 Å². The molecule has 0 aromatic heterocycles. The smallest absolute Gasteiger partial charge is 0.166 e. The van der Waals surface area contributed by atoms with Gasteiger partial charge in [0, 0.05) is 17.1 Å². The summed E-state index contributed by atoms with van der Waals surface area (Å²) in [5.74, 6) is 0.162. The van der Waals surface area contributed by atoms with Gasteiger partial charge in [0.1, 0.15) is 23.3 Å². The van der Waals surface area contributed by atoms with Crippen LogP contribution in [-0.2, 0) is 10.8 Å². The van der Waals surface area contributed by atoms with Crippen molar-refractivity contribution in [2.75, 3.05) is 19.6 Å². The molecule has 0 spiro atoms. The van der Waals surface area contributed by atoms with Gasteiger partial charge < -0.3 is 0 Å². The highest BCUT2D eigenvalue weighted by atomic mass is 19.1. The van der Waals surface area contributed by atoms with E-state index in [-0.39, 0.29) is 34.1 Å². The van der Waals surface area contributed by atoms with E-state index in [1.807, 2.05) is 49.4 Å². The van der Waals surface area contributed by atoms with Crippen LogP contribution in [0.25, 0.3) is 0 Å². The number of halogens is 4. The quantitative estimate of drug-likeness (QED) is 0.164. The summed E-state index contributed by atoms with van der Waals surface area (Å²) in [5, 5.41) is 0. The maximum atomic E-state index is 15.7. The number of nitrogens with zero attached hydrogens (tertiary/aromatic N) is 4. The number of benzene rings is 6. The van der Waals surface area contributed by atoms with Gasteiger partial charge in [0.05, 0.1) is 28.4 Å². The lowest BCUT2D eigenvalue weighted by atomic mass is 9.86. The van der Waals surface area contributed by atoms with Crippen molar-refractivity contribution in [1.82, 2.24) is 0 Å². The van der Waals surface area contributed by atoms with Gasteiger partial charge in [-0.15, -0.1) is 0 Å². The van der Waals surface area contributed by atoms with Crippen LogP contribution in [0.15, 0.2) is 96.6 Å². The van der Waals surface area contributed by atoms with Gasteiger partial charge in [0.2, 0.25) is 0 Å². The molecule has 0 unspecified atom stereocenters. The number of anilines is 8. The molecule has 6 aromatic carbocycles. The summed E-state index contributed by atoms with van der Waals surface area (Å²) in [4.78, 5) is 8.70. The van der Waals surface area contributed by atoms with E-state index < -0.39 is 0 Å². The fourth-order valence-corrected chi connectivity index (χ4v) is 8.96. The van der Waals surface area contributed by atoms with Crippen molar-refractivity contribution < 1.29 is 17.6 Å². The van der Waals surface area contributed by atoms with Gasteiger partial charge in [-0.05, 0) is 195 Å². The summed E-state index contributed by atoms with van der Waals surface area (Å²) in [6.45, 7) is 27.4. The fraction of sp³-hybridized carbons (Fsp3) is 0.296. The summed E-state index contributed by atoms with van der Waals surface area (Å²) in [6, 6.07) is 27.6. The largest absolute Gasteiger partial charge is 0.291 e. The van der Waals surface area contributed by atoms with Crippen molar-refractivity contribution in [3.8, 4) is 0 Å². The van der Waals surface area contributed by atoms with Gasteiger partial charge in [-0.1, -0.05) is 53.7 Å². The summed E-state index contributed by atoms with van der Waals surface area (Å²) >= 11 is 0. The van der Waals surface area contributed by atoms with Crippen LogP contribution in [0.4, 0.5) is 63.1 Å². The molecule has 4 nitrogen and oxygen atoms in total. The highest BCUT2D eigenvalue weighted by molar-refractivity contribution is 6.01. The van der Waals surface area contributed by atoms with Crippen LogP contribution >= 0.6 is 0 Å². The highest BCUT2D eigenvalue weighted by Crippen LogP contribution is 2.59. The highest BCUT2D eigenvalue weighted by Gasteiger charge is 2.46. The SMILES string of the molecule is Cc1cc(N2/C(=C3/N(c4cc(C)c(F)c(C)c4)c4ccc(C(C)(C)C)cc4N3c3cc(C)c(F)c(C)c3)N(c3cc(C)c(F)c(C)c3)c3cc(C(C)(C)C)ccc32)c(C)cc1F. The molecule has 2 aliphatic heterocycles. The molecule has 0 radical (unpaired) electrons. The lowest BCUT2D eigenvalue weighted by Crippen LogP contribution is -2.34. The van der Waals surface area contributed by atoms with Crippen LogP contribution in [0, 0.1) is 78.7 Å². The third kappa shape index (κ3) is 6.92. The second-order valence-corrected chi connectivity index (χ2v) is 19.5. The van der Waals surface area contributed by atoms with Gasteiger partial charge in [0.15, 0.2) is 11.6 Å². The normalized spacial score (nSPS) is 15.3. The Morgan fingerprint density at radius 2 is 0.645 bits per heavy atom. The molecule has 0 amide bonds. The average molecular weight is 837 g/mol. The van der Waals surface area contributed by atoms with E-state index >= 15 is 17.6 Å². The number of hydrogen-bond donors (Lipinski definition) is 0. The third-order valence-corrected chi connectivity index (χ3v) is 12.5. The first-order chi connectivity index (χ1) is 29.0. The minimum absolute atomic E-state index is 0.240. The second kappa shape index (κ2) is 14.8. The minimum Gasteiger partial charge on any atom is -0.291 e. The molecule has 320 valence electrons. The number of aryl methyl sites for hydroxylation is 8. The molecule has 0 bridgehead atoms. The van der Waals surface area contributed by atoms with E-state index in [1.54, 1.807) is 54.5 Å². The van der Waals surface area contributed by atoms with Gasteiger partial charge in [0.25, 0.3) is 0 Å². The van der Waals surface area contributed by atoms with Crippen LogP contribution in [0.5, 0.6) is 0 Å². The first-order valence-electron chi connectivity index (χ1n) is 21.3. The Labute approximate surface area is 364 Å². The van der Waals surface area contributed by atoms with Crippen LogP contribution in [-0.4, -0.2) is 0 Å². The van der Waals surface area contributed by atoms with Gasteiger partial charge in [-0.2, -0.15) is 0 Å². The Kier molecular flexibility index (Phi) is 10.2. The zero-order chi connectivity index (χ0) is 45.1. The Balaban J connectivity index is 1.64. The van der Waals surface area contributed by atoms with Crippen molar-refractivity contribution in [3.05, 3.63) is 175 Å². The molecular formula is C54H56F4N4. The molecule has 0 fully saturated rings. The Morgan fingerprint density at radius 1 is 0.323 bits per heavy atom. The van der Waals surface area contributed by atoms with Crippen LogP contribution in [0.3, 0.4) is 0 Å². The summed E-state index contributed by atoms with van der Waals surface area (Å²) in [7, 11) is 0. The molecular weight excluding hydrogens is 781 g/mol. The second-order valence-electron chi connectivity index (χ2n) is 19.5. The van der Waals surface area contributed by atoms with Crippen molar-refractivity contribution in [2.45, 2.75) is 108 Å². The van der Waals surface area contributed by atoms with E-state index in [9.17, 15) is 0 Å². The monoisotopic (exact) mass is 836 g/mol. The molecule has 62 heavy (non-hydrogen) atoms. The molecule has 8 rings (SSSR count).